The van der Waals surface area contributed by atoms with Crippen molar-refractivity contribution in [1.82, 2.24) is 19.4 Å². The zero-order valence-electron chi connectivity index (χ0n) is 24.3. The number of aromatic nitrogens is 3. The number of halogens is 2. The zero-order valence-corrected chi connectivity index (χ0v) is 25.1. The summed E-state index contributed by atoms with van der Waals surface area (Å²) in [4.78, 5) is 24.6. The Bertz CT molecular complexity index is 1770. The molecule has 4 aromatic rings. The van der Waals surface area contributed by atoms with Crippen molar-refractivity contribution < 1.29 is 24.1 Å². The van der Waals surface area contributed by atoms with Crippen molar-refractivity contribution in [2.24, 2.45) is 12.5 Å². The summed E-state index contributed by atoms with van der Waals surface area (Å²) in [7, 11) is 1.77. The number of amides is 1. The molecule has 6 rings (SSSR count). The number of carbonyl (C=O) groups is 1. The van der Waals surface area contributed by atoms with Gasteiger partial charge in [-0.1, -0.05) is 30.7 Å². The molecule has 9 nitrogen and oxygen atoms in total. The van der Waals surface area contributed by atoms with Crippen molar-refractivity contribution in [3.63, 3.8) is 0 Å². The first-order chi connectivity index (χ1) is 21.1. The summed E-state index contributed by atoms with van der Waals surface area (Å²) in [6, 6.07) is 14.7. The van der Waals surface area contributed by atoms with Crippen LogP contribution >= 0.6 is 11.6 Å². The Morgan fingerprint density at radius 1 is 1.18 bits per heavy atom. The van der Waals surface area contributed by atoms with E-state index in [1.807, 2.05) is 6.07 Å². The van der Waals surface area contributed by atoms with E-state index in [1.54, 1.807) is 67.5 Å². The summed E-state index contributed by atoms with van der Waals surface area (Å²) >= 11 is 6.25. The van der Waals surface area contributed by atoms with E-state index in [4.69, 9.17) is 16.3 Å². The van der Waals surface area contributed by atoms with E-state index in [0.717, 1.165) is 12.8 Å². The lowest BCUT2D eigenvalue weighted by atomic mass is 9.84. The molecule has 1 aliphatic heterocycles. The predicted octanol–water partition coefficient (Wildman–Crippen LogP) is 4.77. The van der Waals surface area contributed by atoms with E-state index >= 15 is 4.39 Å². The number of imidazole rings is 1. The fraction of sp³-hybridized carbons (Fsp3) is 0.333. The summed E-state index contributed by atoms with van der Waals surface area (Å²) in [5.74, 6) is -1.28. The number of aliphatic hydroxyl groups excluding tert-OH is 1. The first kappa shape index (κ1) is 29.9. The number of carbonyl (C=O) groups excluding carboxylic acids is 1. The lowest BCUT2D eigenvalue weighted by Gasteiger charge is -2.40. The largest absolute Gasteiger partial charge is 0.396 e. The van der Waals surface area contributed by atoms with E-state index in [2.05, 4.69) is 9.97 Å². The number of hydrogen-bond donors (Lipinski definition) is 2. The van der Waals surface area contributed by atoms with Crippen LogP contribution < -0.4 is 0 Å². The summed E-state index contributed by atoms with van der Waals surface area (Å²) < 4.78 is 25.1. The number of nitriles is 1. The third-order valence-corrected chi connectivity index (χ3v) is 9.04. The van der Waals surface area contributed by atoms with E-state index in [-0.39, 0.29) is 42.9 Å². The van der Waals surface area contributed by atoms with Crippen LogP contribution in [0.25, 0.3) is 0 Å². The van der Waals surface area contributed by atoms with Crippen LogP contribution in [-0.4, -0.2) is 48.8 Å². The van der Waals surface area contributed by atoms with Gasteiger partial charge in [0.15, 0.2) is 5.72 Å². The molecule has 226 valence electrons. The molecule has 1 fully saturated rings. The smallest absolute Gasteiger partial charge is 0.257 e. The first-order valence-electron chi connectivity index (χ1n) is 14.3. The molecule has 3 heterocycles. The van der Waals surface area contributed by atoms with Gasteiger partial charge >= 0.3 is 0 Å². The minimum absolute atomic E-state index is 0.00423. The molecule has 2 atom stereocenters. The summed E-state index contributed by atoms with van der Waals surface area (Å²) in [5, 5.41) is 31.6. The first-order valence-corrected chi connectivity index (χ1v) is 14.7. The van der Waals surface area contributed by atoms with E-state index in [1.165, 1.54) is 23.2 Å². The number of benzene rings is 2. The van der Waals surface area contributed by atoms with Gasteiger partial charge < -0.3 is 19.5 Å². The van der Waals surface area contributed by atoms with Crippen LogP contribution in [0.3, 0.4) is 0 Å². The summed E-state index contributed by atoms with van der Waals surface area (Å²) in [6.07, 6.45) is 6.25. The number of rotatable bonds is 10. The fourth-order valence-electron chi connectivity index (χ4n) is 5.86. The Balaban J connectivity index is 1.57. The van der Waals surface area contributed by atoms with Crippen LogP contribution in [0.5, 0.6) is 0 Å². The molecule has 2 aliphatic rings. The van der Waals surface area contributed by atoms with Gasteiger partial charge in [0.2, 0.25) is 0 Å². The van der Waals surface area contributed by atoms with Crippen LogP contribution in [-0.2, 0) is 29.7 Å². The molecular formula is C33H31ClFN5O4. The van der Waals surface area contributed by atoms with E-state index < -0.39 is 28.5 Å². The molecule has 11 heteroatoms. The highest BCUT2D eigenvalue weighted by atomic mass is 35.5. The standard InChI is InChI=1S/C33H31ClFN5O4/c1-3-32(43,28-17-39(2)20-38-28)23-12-26-29(27(35)13-23)33(22-5-7-24(34)8-6-22,44-19-31(18-41)10-11-31)40(30(26)42)16-25-9-4-21(14-36)15-37-25/h4-9,12-13,15,17,20,41,43H,3,10-11,16,18-19H2,1-2H3/t32?,33-/m1/s1. The molecule has 2 aromatic heterocycles. The average Bonchev–Trinajstić information content (AvgIpc) is 3.62. The summed E-state index contributed by atoms with van der Waals surface area (Å²) in [6.45, 7) is 1.62. The number of nitrogens with zero attached hydrogens (tertiary/aromatic N) is 5. The van der Waals surface area contributed by atoms with E-state index in [0.29, 0.717) is 27.5 Å². The van der Waals surface area contributed by atoms with Crippen molar-refractivity contribution in [2.45, 2.75) is 44.1 Å². The minimum Gasteiger partial charge on any atom is -0.396 e. The number of hydrogen-bond acceptors (Lipinski definition) is 7. The Kier molecular flexibility index (Phi) is 7.54. The van der Waals surface area contributed by atoms with Crippen LogP contribution in [0.4, 0.5) is 4.39 Å². The van der Waals surface area contributed by atoms with Gasteiger partial charge in [0.1, 0.15) is 17.5 Å². The normalized spacial score (nSPS) is 19.8. The molecule has 0 radical (unpaired) electrons. The van der Waals surface area contributed by atoms with Crippen molar-refractivity contribution >= 4 is 17.5 Å². The quantitative estimate of drug-likeness (QED) is 0.263. The highest BCUT2D eigenvalue weighted by Crippen LogP contribution is 2.52. The second kappa shape index (κ2) is 11.1. The highest BCUT2D eigenvalue weighted by molar-refractivity contribution is 6.30. The zero-order chi connectivity index (χ0) is 31.3. The van der Waals surface area contributed by atoms with Crippen molar-refractivity contribution in [2.75, 3.05) is 13.2 Å². The molecule has 0 spiro atoms. The minimum atomic E-state index is -1.75. The SMILES string of the molecule is CCC(O)(c1cc(F)c2c(c1)C(=O)N(Cc1ccc(C#N)cn1)[C@@]2(OCC1(CO)CC1)c1ccc(Cl)cc1)c1cn(C)cn1. The molecule has 1 unspecified atom stereocenters. The molecule has 2 aromatic carbocycles. The molecule has 0 bridgehead atoms. The fourth-order valence-corrected chi connectivity index (χ4v) is 5.99. The monoisotopic (exact) mass is 615 g/mol. The Hall–Kier alpha value is -4.14. The van der Waals surface area contributed by atoms with Crippen molar-refractivity contribution in [3.05, 3.63) is 117 Å². The van der Waals surface area contributed by atoms with Crippen molar-refractivity contribution in [3.8, 4) is 6.07 Å². The predicted molar refractivity (Wildman–Crippen MR) is 159 cm³/mol. The third-order valence-electron chi connectivity index (χ3n) is 8.79. The topological polar surface area (TPSA) is 125 Å². The van der Waals surface area contributed by atoms with Crippen LogP contribution in [0.15, 0.2) is 67.3 Å². The Labute approximate surface area is 259 Å². The van der Waals surface area contributed by atoms with Crippen molar-refractivity contribution in [1.29, 1.82) is 5.26 Å². The van der Waals surface area contributed by atoms with Gasteiger partial charge in [0.05, 0.1) is 54.2 Å². The number of ether oxygens (including phenoxy) is 1. The molecule has 44 heavy (non-hydrogen) atoms. The van der Waals surface area contributed by atoms with Crippen LogP contribution in [0, 0.1) is 22.6 Å². The van der Waals surface area contributed by atoms with Gasteiger partial charge in [0.25, 0.3) is 5.91 Å². The molecule has 1 aliphatic carbocycles. The van der Waals surface area contributed by atoms with Gasteiger partial charge in [-0.15, -0.1) is 0 Å². The maximum absolute atomic E-state index is 16.8. The van der Waals surface area contributed by atoms with Gasteiger partial charge in [-0.3, -0.25) is 14.7 Å². The molecule has 0 saturated heterocycles. The van der Waals surface area contributed by atoms with Crippen LogP contribution in [0.2, 0.25) is 5.02 Å². The second-order valence-corrected chi connectivity index (χ2v) is 12.1. The van der Waals surface area contributed by atoms with Gasteiger partial charge in [0, 0.05) is 35.4 Å². The number of aryl methyl sites for hydroxylation is 1. The number of pyridine rings is 1. The molecule has 2 N–H and O–H groups in total. The van der Waals surface area contributed by atoms with Gasteiger partial charge in [-0.2, -0.15) is 5.26 Å². The highest BCUT2D eigenvalue weighted by Gasteiger charge is 2.57. The van der Waals surface area contributed by atoms with Gasteiger partial charge in [-0.25, -0.2) is 9.37 Å². The lowest BCUT2D eigenvalue weighted by molar-refractivity contribution is -0.130. The number of fused-ring (bicyclic) bond motifs is 1. The molecular weight excluding hydrogens is 585 g/mol. The summed E-state index contributed by atoms with van der Waals surface area (Å²) in [5.41, 5.74) is -2.13. The Morgan fingerprint density at radius 2 is 1.93 bits per heavy atom. The van der Waals surface area contributed by atoms with Crippen LogP contribution in [0.1, 0.15) is 70.2 Å². The van der Waals surface area contributed by atoms with Gasteiger partial charge in [-0.05, 0) is 61.2 Å². The maximum atomic E-state index is 16.8. The van der Waals surface area contributed by atoms with E-state index in [9.17, 15) is 20.3 Å². The molecule has 1 amide bonds. The maximum Gasteiger partial charge on any atom is 0.257 e. The number of aliphatic hydroxyl groups is 2. The second-order valence-electron chi connectivity index (χ2n) is 11.7. The molecule has 1 saturated carbocycles. The lowest BCUT2D eigenvalue weighted by Crippen LogP contribution is -2.48. The average molecular weight is 616 g/mol. The third kappa shape index (κ3) is 4.86. The Morgan fingerprint density at radius 3 is 2.50 bits per heavy atom.